The Morgan fingerprint density at radius 2 is 2.19 bits per heavy atom. The zero-order valence-corrected chi connectivity index (χ0v) is 10.7. The summed E-state index contributed by atoms with van der Waals surface area (Å²) in [6.07, 6.45) is 7.75. The van der Waals surface area contributed by atoms with E-state index in [1.165, 1.54) is 12.8 Å². The van der Waals surface area contributed by atoms with Gasteiger partial charge in [0, 0.05) is 12.6 Å². The molecule has 0 aliphatic carbocycles. The lowest BCUT2D eigenvalue weighted by atomic mass is 10.1. The van der Waals surface area contributed by atoms with Crippen LogP contribution >= 0.6 is 0 Å². The van der Waals surface area contributed by atoms with Crippen LogP contribution < -0.4 is 5.73 Å². The van der Waals surface area contributed by atoms with E-state index in [1.54, 1.807) is 0 Å². The maximum atomic E-state index is 12.2. The highest BCUT2D eigenvalue weighted by atomic mass is 16.2. The number of amides is 1. The first-order valence-corrected chi connectivity index (χ1v) is 6.73. The van der Waals surface area contributed by atoms with Crippen molar-refractivity contribution in [1.29, 1.82) is 0 Å². The molecule has 1 amide bonds. The van der Waals surface area contributed by atoms with Crippen LogP contribution in [-0.2, 0) is 4.79 Å². The number of nitrogens with zero attached hydrogens (tertiary/aromatic N) is 1. The maximum Gasteiger partial charge on any atom is 0.239 e. The van der Waals surface area contributed by atoms with Crippen LogP contribution in [0.1, 0.15) is 58.8 Å². The fraction of sp³-hybridized carbons (Fsp3) is 0.923. The summed E-state index contributed by atoms with van der Waals surface area (Å²) in [6.45, 7) is 5.18. The predicted molar refractivity (Wildman–Crippen MR) is 67.1 cm³/mol. The quantitative estimate of drug-likeness (QED) is 0.799. The van der Waals surface area contributed by atoms with E-state index >= 15 is 0 Å². The minimum atomic E-state index is -0.277. The summed E-state index contributed by atoms with van der Waals surface area (Å²) in [6, 6.07) is 0.100. The van der Waals surface area contributed by atoms with Gasteiger partial charge in [0.25, 0.3) is 0 Å². The van der Waals surface area contributed by atoms with Gasteiger partial charge in [0.1, 0.15) is 0 Å². The first-order chi connectivity index (χ1) is 7.66. The molecule has 2 N–H and O–H groups in total. The third-order valence-corrected chi connectivity index (χ3v) is 3.52. The van der Waals surface area contributed by atoms with Crippen LogP contribution in [0.3, 0.4) is 0 Å². The third kappa shape index (κ3) is 3.78. The molecule has 3 nitrogen and oxygen atoms in total. The number of nitrogens with two attached hydrogens (primary N) is 1. The normalized spacial score (nSPS) is 23.9. The van der Waals surface area contributed by atoms with Gasteiger partial charge in [-0.2, -0.15) is 0 Å². The van der Waals surface area contributed by atoms with Crippen LogP contribution in [0, 0.1) is 0 Å². The van der Waals surface area contributed by atoms with E-state index in [0.29, 0.717) is 6.04 Å². The molecular formula is C13H26N2O. The number of carbonyl (C=O) groups excluding carboxylic acids is 1. The topological polar surface area (TPSA) is 46.3 Å². The number of unbranched alkanes of at least 4 members (excludes halogenated alkanes) is 1. The van der Waals surface area contributed by atoms with E-state index < -0.39 is 0 Å². The molecule has 0 aromatic rings. The van der Waals surface area contributed by atoms with E-state index in [1.807, 2.05) is 4.90 Å². The van der Waals surface area contributed by atoms with Crippen LogP contribution in [0.2, 0.25) is 0 Å². The lowest BCUT2D eigenvalue weighted by Crippen LogP contribution is -2.47. The van der Waals surface area contributed by atoms with Crippen molar-refractivity contribution >= 4 is 5.91 Å². The standard InChI is InChI=1S/C13H26N2O/c1-3-4-9-12(14)13(16)15-10-7-5-6-8-11(15)2/h11-12H,3-10,14H2,1-2H3. The van der Waals surface area contributed by atoms with E-state index in [9.17, 15) is 4.79 Å². The predicted octanol–water partition coefficient (Wildman–Crippen LogP) is 2.29. The van der Waals surface area contributed by atoms with E-state index in [0.717, 1.165) is 38.6 Å². The summed E-state index contributed by atoms with van der Waals surface area (Å²) in [4.78, 5) is 14.2. The van der Waals surface area contributed by atoms with Crippen LogP contribution in [0.15, 0.2) is 0 Å². The Balaban J connectivity index is 2.49. The lowest BCUT2D eigenvalue weighted by molar-refractivity contribution is -0.134. The molecule has 0 saturated carbocycles. The van der Waals surface area contributed by atoms with Gasteiger partial charge in [0.2, 0.25) is 5.91 Å². The molecule has 1 saturated heterocycles. The fourth-order valence-electron chi connectivity index (χ4n) is 2.36. The van der Waals surface area contributed by atoms with Gasteiger partial charge < -0.3 is 10.6 Å². The summed E-state index contributed by atoms with van der Waals surface area (Å²) in [5.41, 5.74) is 5.96. The second-order valence-electron chi connectivity index (χ2n) is 4.98. The molecule has 0 bridgehead atoms. The minimum Gasteiger partial charge on any atom is -0.339 e. The summed E-state index contributed by atoms with van der Waals surface area (Å²) < 4.78 is 0. The summed E-state index contributed by atoms with van der Waals surface area (Å²) in [7, 11) is 0. The number of hydrogen-bond donors (Lipinski definition) is 1. The molecule has 1 fully saturated rings. The minimum absolute atomic E-state index is 0.169. The van der Waals surface area contributed by atoms with Gasteiger partial charge in [-0.15, -0.1) is 0 Å². The van der Waals surface area contributed by atoms with Crippen molar-refractivity contribution in [2.24, 2.45) is 5.73 Å². The molecular weight excluding hydrogens is 200 g/mol. The Hall–Kier alpha value is -0.570. The molecule has 0 aromatic carbocycles. The molecule has 0 spiro atoms. The first-order valence-electron chi connectivity index (χ1n) is 6.73. The molecule has 16 heavy (non-hydrogen) atoms. The van der Waals surface area contributed by atoms with Gasteiger partial charge in [-0.3, -0.25) is 4.79 Å². The van der Waals surface area contributed by atoms with Gasteiger partial charge >= 0.3 is 0 Å². The molecule has 1 heterocycles. The largest absolute Gasteiger partial charge is 0.339 e. The summed E-state index contributed by atoms with van der Waals surface area (Å²) >= 11 is 0. The van der Waals surface area contributed by atoms with Gasteiger partial charge in [0.05, 0.1) is 6.04 Å². The van der Waals surface area contributed by atoms with Crippen molar-refractivity contribution < 1.29 is 4.79 Å². The Morgan fingerprint density at radius 1 is 1.44 bits per heavy atom. The Labute approximate surface area is 99.4 Å². The Kier molecular flexibility index (Phi) is 5.81. The second-order valence-corrected chi connectivity index (χ2v) is 4.98. The highest BCUT2D eigenvalue weighted by molar-refractivity contribution is 5.81. The van der Waals surface area contributed by atoms with Crippen molar-refractivity contribution in [3.63, 3.8) is 0 Å². The van der Waals surface area contributed by atoms with Gasteiger partial charge in [0.15, 0.2) is 0 Å². The molecule has 1 aliphatic heterocycles. The average Bonchev–Trinajstić information content (AvgIpc) is 2.49. The zero-order chi connectivity index (χ0) is 12.0. The van der Waals surface area contributed by atoms with Crippen molar-refractivity contribution in [3.8, 4) is 0 Å². The summed E-state index contributed by atoms with van der Waals surface area (Å²) in [5.74, 6) is 0.169. The van der Waals surface area contributed by atoms with E-state index in [-0.39, 0.29) is 11.9 Å². The Morgan fingerprint density at radius 3 is 2.88 bits per heavy atom. The monoisotopic (exact) mass is 226 g/mol. The first kappa shape index (κ1) is 13.5. The SMILES string of the molecule is CCCCC(N)C(=O)N1CCCCCC1C. The number of rotatable bonds is 4. The van der Waals surface area contributed by atoms with Crippen LogP contribution in [0.25, 0.3) is 0 Å². The maximum absolute atomic E-state index is 12.2. The van der Waals surface area contributed by atoms with Crippen LogP contribution in [0.4, 0.5) is 0 Å². The number of hydrogen-bond acceptors (Lipinski definition) is 2. The molecule has 0 radical (unpaired) electrons. The average molecular weight is 226 g/mol. The smallest absolute Gasteiger partial charge is 0.239 e. The zero-order valence-electron chi connectivity index (χ0n) is 10.7. The van der Waals surface area contributed by atoms with Gasteiger partial charge in [-0.05, 0) is 26.2 Å². The van der Waals surface area contributed by atoms with Crippen molar-refractivity contribution in [2.45, 2.75) is 70.9 Å². The van der Waals surface area contributed by atoms with E-state index in [4.69, 9.17) is 5.73 Å². The highest BCUT2D eigenvalue weighted by Gasteiger charge is 2.25. The van der Waals surface area contributed by atoms with E-state index in [2.05, 4.69) is 13.8 Å². The number of likely N-dealkylation sites (tertiary alicyclic amines) is 1. The van der Waals surface area contributed by atoms with Crippen LogP contribution in [-0.4, -0.2) is 29.4 Å². The van der Waals surface area contributed by atoms with Crippen molar-refractivity contribution in [2.75, 3.05) is 6.54 Å². The molecule has 3 heteroatoms. The third-order valence-electron chi connectivity index (χ3n) is 3.52. The van der Waals surface area contributed by atoms with Crippen molar-refractivity contribution in [1.82, 2.24) is 4.90 Å². The van der Waals surface area contributed by atoms with Crippen LogP contribution in [0.5, 0.6) is 0 Å². The molecule has 2 unspecified atom stereocenters. The fourth-order valence-corrected chi connectivity index (χ4v) is 2.36. The highest BCUT2D eigenvalue weighted by Crippen LogP contribution is 2.17. The van der Waals surface area contributed by atoms with Crippen molar-refractivity contribution in [3.05, 3.63) is 0 Å². The van der Waals surface area contributed by atoms with Gasteiger partial charge in [-0.1, -0.05) is 32.6 Å². The number of carbonyl (C=O) groups is 1. The second kappa shape index (κ2) is 6.89. The lowest BCUT2D eigenvalue weighted by Gasteiger charge is -2.29. The molecule has 0 aromatic heterocycles. The molecule has 1 aliphatic rings. The molecule has 94 valence electrons. The molecule has 1 rings (SSSR count). The Bertz CT molecular complexity index is 218. The molecule has 2 atom stereocenters. The van der Waals surface area contributed by atoms with Gasteiger partial charge in [-0.25, -0.2) is 0 Å². The summed E-state index contributed by atoms with van der Waals surface area (Å²) in [5, 5.41) is 0.